The number of likely N-dealkylation sites (N-methyl/N-ethyl adjacent to an activating group) is 1. The van der Waals surface area contributed by atoms with E-state index in [1.165, 1.54) is 6.07 Å². The van der Waals surface area contributed by atoms with Gasteiger partial charge in [-0.15, -0.1) is 4.33 Å². The van der Waals surface area contributed by atoms with E-state index < -0.39 is 15.5 Å². The zero-order valence-electron chi connectivity index (χ0n) is 41.1. The molecule has 5 rings (SSSR count). The van der Waals surface area contributed by atoms with E-state index in [2.05, 4.69) is 60.6 Å². The molecule has 3 aliphatic heterocycles. The fraction of sp³-hybridized carbons (Fsp3) is 0.569. The van der Waals surface area contributed by atoms with Crippen LogP contribution in [0.3, 0.4) is 0 Å². The maximum atomic E-state index is 12.6. The van der Waals surface area contributed by atoms with Crippen LogP contribution >= 0.6 is 12.0 Å². The van der Waals surface area contributed by atoms with Crippen LogP contribution in [0.4, 0.5) is 11.4 Å². The maximum Gasteiger partial charge on any atom is 0.305 e. The van der Waals surface area contributed by atoms with Crippen molar-refractivity contribution < 1.29 is 51.2 Å². The lowest BCUT2D eigenvalue weighted by atomic mass is 9.81. The number of hydrogen-bond donors (Lipinski definition) is 3. The summed E-state index contributed by atoms with van der Waals surface area (Å²) in [5, 5.41) is 15.5. The molecule has 1 amide bonds. The van der Waals surface area contributed by atoms with Gasteiger partial charge in [-0.3, -0.25) is 19.0 Å². The number of morpholine rings is 1. The second-order valence-corrected chi connectivity index (χ2v) is 20.7. The molecule has 69 heavy (non-hydrogen) atoms. The van der Waals surface area contributed by atoms with Crippen LogP contribution in [-0.2, 0) is 49.4 Å². The second kappa shape index (κ2) is 27.8. The number of aliphatic imine (C=N–C) groups is 2. The number of carbonyl (C=O) groups is 2. The van der Waals surface area contributed by atoms with E-state index in [1.807, 2.05) is 63.3 Å². The molecule has 0 saturated carbocycles. The molecule has 3 aliphatic rings. The number of amides is 1. The zero-order valence-corrected chi connectivity index (χ0v) is 42.8. The third-order valence-electron chi connectivity index (χ3n) is 12.8. The van der Waals surface area contributed by atoms with E-state index in [1.54, 1.807) is 12.1 Å². The molecule has 3 heterocycles. The van der Waals surface area contributed by atoms with Crippen LogP contribution < -0.4 is 10.2 Å². The highest BCUT2D eigenvalue weighted by Gasteiger charge is 2.44. The monoisotopic (exact) mass is 993 g/mol. The third kappa shape index (κ3) is 16.5. The molecule has 0 unspecified atom stereocenters. The van der Waals surface area contributed by atoms with E-state index >= 15 is 0 Å². The first-order valence-electron chi connectivity index (χ1n) is 24.4. The fourth-order valence-corrected chi connectivity index (χ4v) is 9.95. The number of anilines is 1. The topological polar surface area (TPSA) is 192 Å². The smallest absolute Gasteiger partial charge is 0.305 e. The van der Waals surface area contributed by atoms with Gasteiger partial charge in [0.1, 0.15) is 6.54 Å². The maximum absolute atomic E-state index is 12.6. The van der Waals surface area contributed by atoms with Crippen molar-refractivity contribution in [2.45, 2.75) is 126 Å². The Morgan fingerprint density at radius 3 is 2.41 bits per heavy atom. The third-order valence-corrected chi connectivity index (χ3v) is 14.2. The summed E-state index contributed by atoms with van der Waals surface area (Å²) in [6, 6.07) is 13.6. The summed E-state index contributed by atoms with van der Waals surface area (Å²) in [7, 11) is -4.34. The molecular weight excluding hydrogens is 921 g/mol. The van der Waals surface area contributed by atoms with E-state index in [-0.39, 0.29) is 28.6 Å². The zero-order chi connectivity index (χ0) is 49.7. The van der Waals surface area contributed by atoms with Gasteiger partial charge in [0.2, 0.25) is 11.6 Å². The van der Waals surface area contributed by atoms with Gasteiger partial charge in [0.15, 0.2) is 5.71 Å². The number of carbonyl (C=O) groups excluding carboxylic acids is 2. The summed E-state index contributed by atoms with van der Waals surface area (Å²) in [6.07, 6.45) is 18.5. The minimum atomic E-state index is -4.34. The number of nitrogens with one attached hydrogen (secondary N) is 1. The molecule has 0 spiro atoms. The van der Waals surface area contributed by atoms with Crippen molar-refractivity contribution >= 4 is 57.1 Å². The van der Waals surface area contributed by atoms with E-state index in [4.69, 9.17) is 19.1 Å². The molecule has 18 heteroatoms. The number of hydrogen-bond acceptors (Lipinski definition) is 14. The molecule has 0 aliphatic carbocycles. The van der Waals surface area contributed by atoms with Gasteiger partial charge in [-0.25, -0.2) is 15.2 Å². The Morgan fingerprint density at radius 2 is 1.65 bits per heavy atom. The van der Waals surface area contributed by atoms with Crippen molar-refractivity contribution in [1.82, 2.24) is 10.2 Å². The predicted octanol–water partition coefficient (Wildman–Crippen LogP) is 9.01. The number of unbranched alkanes of at least 4 members (excludes halogenated alkanes) is 5. The second-order valence-electron chi connectivity index (χ2n) is 18.5. The summed E-state index contributed by atoms with van der Waals surface area (Å²) in [5.41, 5.74) is 5.14. The number of allylic oxidation sites excluding steroid dienone is 6. The van der Waals surface area contributed by atoms with Crippen LogP contribution in [0.1, 0.15) is 116 Å². The highest BCUT2D eigenvalue weighted by atomic mass is 32.2. The molecule has 0 bridgehead atoms. The Labute approximate surface area is 413 Å². The van der Waals surface area contributed by atoms with Crippen LogP contribution in [-0.4, -0.2) is 123 Å². The Balaban J connectivity index is 1.02. The lowest BCUT2D eigenvalue weighted by molar-refractivity contribution is -0.438. The van der Waals surface area contributed by atoms with Crippen molar-refractivity contribution in [2.24, 2.45) is 9.98 Å². The summed E-state index contributed by atoms with van der Waals surface area (Å²) < 4.78 is 51.4. The number of benzene rings is 2. The summed E-state index contributed by atoms with van der Waals surface area (Å²) in [4.78, 5) is 38.6. The number of esters is 1. The van der Waals surface area contributed by atoms with Gasteiger partial charge < -0.3 is 19.7 Å². The van der Waals surface area contributed by atoms with Gasteiger partial charge in [0.05, 0.1) is 54.7 Å². The Bertz CT molecular complexity index is 2330. The Hall–Kier alpha value is -4.49. The van der Waals surface area contributed by atoms with Crippen LogP contribution in [0.5, 0.6) is 0 Å². The van der Waals surface area contributed by atoms with Crippen molar-refractivity contribution in [1.29, 1.82) is 0 Å². The molecule has 16 nitrogen and oxygen atoms in total. The normalized spacial score (nSPS) is 17.1. The first-order valence-corrected chi connectivity index (χ1v) is 26.6. The van der Waals surface area contributed by atoms with E-state index in [0.29, 0.717) is 39.1 Å². The summed E-state index contributed by atoms with van der Waals surface area (Å²) >= 11 is 0.920. The minimum absolute atomic E-state index is 0.0266. The summed E-state index contributed by atoms with van der Waals surface area (Å²) in [5.74, 6) is -0.266. The Kier molecular flexibility index (Phi) is 22.3. The number of fused-ring (bicyclic) bond motifs is 2. The highest BCUT2D eigenvalue weighted by Crippen LogP contribution is 2.48. The molecule has 1 saturated heterocycles. The van der Waals surface area contributed by atoms with Crippen LogP contribution in [0, 0.1) is 0 Å². The van der Waals surface area contributed by atoms with Crippen LogP contribution in [0.15, 0.2) is 92.3 Å². The molecule has 3 N–H and O–H groups in total. The van der Waals surface area contributed by atoms with Crippen LogP contribution in [0.25, 0.3) is 0 Å². The SMILES string of the molecule is CCN1\C(=C/C=C/C=C/C2=[N+](CCCCCC(=O)NCCCC(=O)OCCCCCCN=C=NCCCN3CCOCC3)c3ccc(SOOO)cc3C2(C)C)C(C)(C)c2cc(S(=O)(=O)O)ccc21. The average molecular weight is 994 g/mol. The van der Waals surface area contributed by atoms with E-state index in [0.717, 1.165) is 148 Å². The fourth-order valence-electron chi connectivity index (χ4n) is 9.05. The summed E-state index contributed by atoms with van der Waals surface area (Å²) in [6.45, 7) is 18.8. The van der Waals surface area contributed by atoms with Gasteiger partial charge in [0.25, 0.3) is 10.1 Å². The molecule has 378 valence electrons. The molecular formula is C51H73N6O10S2+. The molecule has 2 aromatic rings. The number of ether oxygens (including phenoxy) is 2. The first-order chi connectivity index (χ1) is 33.2. The molecule has 1 fully saturated rings. The van der Waals surface area contributed by atoms with Gasteiger partial charge in [-0.05, 0) is 108 Å². The van der Waals surface area contributed by atoms with Gasteiger partial charge in [-0.2, -0.15) is 13.0 Å². The minimum Gasteiger partial charge on any atom is -0.466 e. The molecule has 2 aromatic carbocycles. The number of nitrogens with zero attached hydrogens (tertiary/aromatic N) is 5. The van der Waals surface area contributed by atoms with Crippen LogP contribution in [0.2, 0.25) is 0 Å². The Morgan fingerprint density at radius 1 is 0.899 bits per heavy atom. The standard InChI is InChI=1S/C51H72N6O10S2/c1-6-56-44-26-24-41(69(61,62)63)38-43(44)51(4,5)46(56)19-11-9-12-20-47-50(2,3)42-37-40(68-67-66-60)23-25-45(42)57(47)31-15-10-13-21-48(58)54-29-17-22-49(59)65-34-16-8-7-14-27-52-39-53-28-18-30-55-32-35-64-36-33-55/h9,11-12,19-20,23-26,37-38H,6-8,10,13-18,21-22,27-36H2,1-5H3,(H2-,54,58,60,61,62,63)/p+1. The molecule has 0 radical (unpaired) electrons. The number of rotatable bonds is 29. The lowest BCUT2D eigenvalue weighted by Crippen LogP contribution is -2.37. The highest BCUT2D eigenvalue weighted by molar-refractivity contribution is 7.94. The average Bonchev–Trinajstić information content (AvgIpc) is 3.67. The van der Waals surface area contributed by atoms with E-state index in [9.17, 15) is 22.6 Å². The molecule has 0 atom stereocenters. The first kappa shape index (κ1) is 55.4. The van der Waals surface area contributed by atoms with Crippen molar-refractivity contribution in [3.8, 4) is 0 Å². The van der Waals surface area contributed by atoms with Crippen molar-refractivity contribution in [3.05, 3.63) is 83.6 Å². The van der Waals surface area contributed by atoms with Gasteiger partial charge in [0, 0.05) is 97.9 Å². The van der Waals surface area contributed by atoms with Gasteiger partial charge in [-0.1, -0.05) is 43.5 Å². The lowest BCUT2D eigenvalue weighted by Gasteiger charge is -2.25. The van der Waals surface area contributed by atoms with Gasteiger partial charge >= 0.3 is 5.97 Å². The molecule has 0 aromatic heterocycles. The van der Waals surface area contributed by atoms with Crippen molar-refractivity contribution in [3.63, 3.8) is 0 Å². The van der Waals surface area contributed by atoms with Crippen molar-refractivity contribution in [2.75, 3.05) is 77.1 Å². The largest absolute Gasteiger partial charge is 0.466 e. The quantitative estimate of drug-likeness (QED) is 0.00806. The predicted molar refractivity (Wildman–Crippen MR) is 270 cm³/mol.